The lowest BCUT2D eigenvalue weighted by molar-refractivity contribution is -0.119. The monoisotopic (exact) mass is 327 g/mol. The van der Waals surface area contributed by atoms with Gasteiger partial charge >= 0.3 is 0 Å². The van der Waals surface area contributed by atoms with Crippen molar-refractivity contribution in [3.8, 4) is 0 Å². The number of carbonyl (C=O) groups excluding carboxylic acids is 1. The number of carbonyl (C=O) groups is 1. The Morgan fingerprint density at radius 1 is 1.08 bits per heavy atom. The van der Waals surface area contributed by atoms with Gasteiger partial charge in [-0.1, -0.05) is 45.0 Å². The average molecular weight is 327 g/mol. The van der Waals surface area contributed by atoms with Crippen LogP contribution in [0.15, 0.2) is 53.6 Å². The largest absolute Gasteiger partial charge is 0.376 e. The zero-order valence-corrected chi connectivity index (χ0v) is 14.1. The third kappa shape index (κ3) is 5.50. The molecule has 0 fully saturated rings. The number of amides is 1. The first-order valence-electron chi connectivity index (χ1n) is 7.76. The van der Waals surface area contributed by atoms with Gasteiger partial charge in [0.2, 0.25) is 0 Å². The smallest absolute Gasteiger partial charge is 0.259 e. The van der Waals surface area contributed by atoms with Crippen LogP contribution in [0, 0.1) is 5.82 Å². The Hall–Kier alpha value is -2.69. The van der Waals surface area contributed by atoms with Gasteiger partial charge in [0, 0.05) is 5.69 Å². The van der Waals surface area contributed by atoms with Crippen molar-refractivity contribution in [2.75, 3.05) is 11.9 Å². The first-order chi connectivity index (χ1) is 11.3. The molecule has 2 aromatic rings. The van der Waals surface area contributed by atoms with Crippen LogP contribution in [0.2, 0.25) is 0 Å². The molecule has 0 unspecified atom stereocenters. The molecule has 24 heavy (non-hydrogen) atoms. The number of anilines is 1. The van der Waals surface area contributed by atoms with Gasteiger partial charge in [-0.15, -0.1) is 0 Å². The van der Waals surface area contributed by atoms with Crippen LogP contribution in [-0.4, -0.2) is 18.7 Å². The molecule has 5 heteroatoms. The molecule has 2 aromatic carbocycles. The number of hydrogen-bond acceptors (Lipinski definition) is 3. The van der Waals surface area contributed by atoms with Crippen LogP contribution < -0.4 is 10.7 Å². The lowest BCUT2D eigenvalue weighted by atomic mass is 9.87. The van der Waals surface area contributed by atoms with Gasteiger partial charge in [0.25, 0.3) is 5.91 Å². The van der Waals surface area contributed by atoms with E-state index in [1.54, 1.807) is 18.3 Å². The van der Waals surface area contributed by atoms with Gasteiger partial charge in [-0.2, -0.15) is 5.10 Å². The van der Waals surface area contributed by atoms with E-state index in [2.05, 4.69) is 48.7 Å². The lowest BCUT2D eigenvalue weighted by Gasteiger charge is -2.18. The lowest BCUT2D eigenvalue weighted by Crippen LogP contribution is -2.25. The molecular weight excluding hydrogens is 305 g/mol. The number of benzene rings is 2. The number of nitrogens with zero attached hydrogens (tertiary/aromatic N) is 1. The molecule has 0 heterocycles. The SMILES string of the molecule is CC(C)(C)c1ccc(/C=N\NC(=O)CNc2ccc(F)cc2)cc1. The van der Waals surface area contributed by atoms with Gasteiger partial charge in [0.15, 0.2) is 0 Å². The van der Waals surface area contributed by atoms with Gasteiger partial charge in [0.05, 0.1) is 12.8 Å². The second kappa shape index (κ2) is 7.73. The minimum Gasteiger partial charge on any atom is -0.376 e. The van der Waals surface area contributed by atoms with Crippen molar-refractivity contribution in [1.29, 1.82) is 0 Å². The Kier molecular flexibility index (Phi) is 5.68. The first kappa shape index (κ1) is 17.7. The van der Waals surface area contributed by atoms with Gasteiger partial charge in [-0.05, 0) is 40.8 Å². The van der Waals surface area contributed by atoms with Crippen LogP contribution in [0.1, 0.15) is 31.9 Å². The molecule has 0 atom stereocenters. The minimum atomic E-state index is -0.313. The van der Waals surface area contributed by atoms with E-state index in [1.165, 1.54) is 17.7 Å². The molecule has 0 aromatic heterocycles. The third-order valence-electron chi connectivity index (χ3n) is 3.48. The molecule has 1 amide bonds. The summed E-state index contributed by atoms with van der Waals surface area (Å²) in [4.78, 5) is 11.7. The fourth-order valence-corrected chi connectivity index (χ4v) is 2.04. The highest BCUT2D eigenvalue weighted by atomic mass is 19.1. The van der Waals surface area contributed by atoms with Crippen molar-refractivity contribution in [1.82, 2.24) is 5.43 Å². The topological polar surface area (TPSA) is 53.5 Å². The molecule has 0 saturated carbocycles. The van der Waals surface area contributed by atoms with E-state index in [4.69, 9.17) is 0 Å². The van der Waals surface area contributed by atoms with E-state index in [1.807, 2.05) is 12.1 Å². The quantitative estimate of drug-likeness (QED) is 0.650. The maximum atomic E-state index is 12.8. The van der Waals surface area contributed by atoms with Crippen molar-refractivity contribution >= 4 is 17.8 Å². The predicted octanol–water partition coefficient (Wildman–Crippen LogP) is 3.69. The van der Waals surface area contributed by atoms with E-state index in [-0.39, 0.29) is 23.7 Å². The van der Waals surface area contributed by atoms with Crippen LogP contribution in [0.5, 0.6) is 0 Å². The highest BCUT2D eigenvalue weighted by Crippen LogP contribution is 2.21. The number of hydrogen-bond donors (Lipinski definition) is 2. The predicted molar refractivity (Wildman–Crippen MR) is 95.8 cm³/mol. The summed E-state index contributed by atoms with van der Waals surface area (Å²) in [7, 11) is 0. The zero-order valence-electron chi connectivity index (χ0n) is 14.1. The number of hydrazone groups is 1. The summed E-state index contributed by atoms with van der Waals surface area (Å²) in [6, 6.07) is 13.9. The average Bonchev–Trinajstić information content (AvgIpc) is 2.54. The van der Waals surface area contributed by atoms with Crippen LogP contribution in [-0.2, 0) is 10.2 Å². The van der Waals surface area contributed by atoms with E-state index >= 15 is 0 Å². The summed E-state index contributed by atoms with van der Waals surface area (Å²) in [6.45, 7) is 6.53. The van der Waals surface area contributed by atoms with Crippen LogP contribution in [0.3, 0.4) is 0 Å². The fraction of sp³-hybridized carbons (Fsp3) is 0.263. The van der Waals surface area contributed by atoms with Gasteiger partial charge in [0.1, 0.15) is 5.82 Å². The van der Waals surface area contributed by atoms with Crippen LogP contribution in [0.4, 0.5) is 10.1 Å². The summed E-state index contributed by atoms with van der Waals surface area (Å²) in [5.41, 5.74) is 5.39. The van der Waals surface area contributed by atoms with Crippen LogP contribution >= 0.6 is 0 Å². The Morgan fingerprint density at radius 2 is 1.71 bits per heavy atom. The third-order valence-corrected chi connectivity index (χ3v) is 3.48. The van der Waals surface area contributed by atoms with Crippen molar-refractivity contribution in [3.63, 3.8) is 0 Å². The van der Waals surface area contributed by atoms with Gasteiger partial charge in [-0.25, -0.2) is 9.82 Å². The molecule has 0 radical (unpaired) electrons. The molecule has 0 aliphatic carbocycles. The van der Waals surface area contributed by atoms with Gasteiger partial charge < -0.3 is 5.32 Å². The Morgan fingerprint density at radius 3 is 2.29 bits per heavy atom. The molecule has 0 bridgehead atoms. The summed E-state index contributed by atoms with van der Waals surface area (Å²) in [5, 5.41) is 6.83. The van der Waals surface area contributed by atoms with Crippen molar-refractivity contribution in [2.24, 2.45) is 5.10 Å². The summed E-state index contributed by atoms with van der Waals surface area (Å²) in [5.74, 6) is -0.589. The Balaban J connectivity index is 1.80. The van der Waals surface area contributed by atoms with E-state index in [0.29, 0.717) is 5.69 Å². The van der Waals surface area contributed by atoms with Gasteiger partial charge in [-0.3, -0.25) is 4.79 Å². The maximum absolute atomic E-state index is 12.8. The Bertz CT molecular complexity index is 701. The molecule has 2 rings (SSSR count). The molecular formula is C19H22FN3O. The highest BCUT2D eigenvalue weighted by molar-refractivity contribution is 5.84. The second-order valence-corrected chi connectivity index (χ2v) is 6.53. The first-order valence-corrected chi connectivity index (χ1v) is 7.76. The van der Waals surface area contributed by atoms with Crippen LogP contribution in [0.25, 0.3) is 0 Å². The number of halogens is 1. The number of rotatable bonds is 5. The summed E-state index contributed by atoms with van der Waals surface area (Å²) >= 11 is 0. The Labute approximate surface area is 141 Å². The van der Waals surface area contributed by atoms with E-state index in [0.717, 1.165) is 5.56 Å². The molecule has 0 aliphatic rings. The molecule has 126 valence electrons. The minimum absolute atomic E-state index is 0.0614. The van der Waals surface area contributed by atoms with Crippen molar-refractivity contribution in [2.45, 2.75) is 26.2 Å². The molecule has 2 N–H and O–H groups in total. The zero-order chi connectivity index (χ0) is 17.6. The van der Waals surface area contributed by atoms with E-state index in [9.17, 15) is 9.18 Å². The molecule has 0 spiro atoms. The second-order valence-electron chi connectivity index (χ2n) is 6.53. The standard InChI is InChI=1S/C19H22FN3O/c1-19(2,3)15-6-4-14(5-7-15)12-22-23-18(24)13-21-17-10-8-16(20)9-11-17/h4-12,21H,13H2,1-3H3,(H,23,24)/b22-12-. The fourth-order valence-electron chi connectivity index (χ4n) is 2.04. The highest BCUT2D eigenvalue weighted by Gasteiger charge is 2.12. The van der Waals surface area contributed by atoms with Crippen molar-refractivity contribution < 1.29 is 9.18 Å². The maximum Gasteiger partial charge on any atom is 0.259 e. The van der Waals surface area contributed by atoms with E-state index < -0.39 is 0 Å². The summed E-state index contributed by atoms with van der Waals surface area (Å²) in [6.07, 6.45) is 1.60. The molecule has 4 nitrogen and oxygen atoms in total. The normalized spacial score (nSPS) is 11.5. The number of nitrogens with one attached hydrogen (secondary N) is 2. The summed E-state index contributed by atoms with van der Waals surface area (Å²) < 4.78 is 12.8. The van der Waals surface area contributed by atoms with Crippen molar-refractivity contribution in [3.05, 3.63) is 65.5 Å². The molecule has 0 aliphatic heterocycles. The molecule has 0 saturated heterocycles.